The highest BCUT2D eigenvalue weighted by molar-refractivity contribution is 5.74. The van der Waals surface area contributed by atoms with Crippen LogP contribution in [0, 0.1) is 6.92 Å². The molecule has 2 aromatic heterocycles. The third kappa shape index (κ3) is 1.60. The zero-order valence-electron chi connectivity index (χ0n) is 11.2. The van der Waals surface area contributed by atoms with Crippen LogP contribution >= 0.6 is 0 Å². The lowest BCUT2D eigenvalue weighted by Crippen LogP contribution is -2.25. The Bertz CT molecular complexity index is 907. The van der Waals surface area contributed by atoms with Crippen LogP contribution in [0.2, 0.25) is 0 Å². The molecule has 0 atom stereocenters. The van der Waals surface area contributed by atoms with Crippen molar-refractivity contribution < 1.29 is 4.40 Å². The number of aromatic amines is 1. The molecule has 0 saturated heterocycles. The van der Waals surface area contributed by atoms with Gasteiger partial charge in [0.05, 0.1) is 5.69 Å². The highest BCUT2D eigenvalue weighted by atomic mass is 15.1. The molecule has 3 heteroatoms. The van der Waals surface area contributed by atoms with Crippen molar-refractivity contribution in [2.75, 3.05) is 0 Å². The lowest BCUT2D eigenvalue weighted by molar-refractivity contribution is -0.491. The molecule has 0 aliphatic heterocycles. The van der Waals surface area contributed by atoms with E-state index in [0.29, 0.717) is 0 Å². The first-order chi connectivity index (χ1) is 9.83. The third-order valence-corrected chi connectivity index (χ3v) is 3.60. The standard InChI is InChI=1S/C17H13N3/c1-12-11-15(13-7-3-2-4-8-13)19-17-18-14-9-5-6-10-16(14)20(12)17/h2-11H,1H3/p+1. The Balaban J connectivity index is 2.06. The number of rotatable bonds is 1. The molecule has 0 radical (unpaired) electrons. The number of hydrogen-bond acceptors (Lipinski definition) is 1. The summed E-state index contributed by atoms with van der Waals surface area (Å²) in [5, 5.41) is 0. The van der Waals surface area contributed by atoms with Crippen LogP contribution in [0.4, 0.5) is 0 Å². The van der Waals surface area contributed by atoms with Crippen LogP contribution in [0.1, 0.15) is 5.69 Å². The summed E-state index contributed by atoms with van der Waals surface area (Å²) in [6, 6.07) is 20.7. The van der Waals surface area contributed by atoms with Crippen molar-refractivity contribution in [3.8, 4) is 11.3 Å². The SMILES string of the molecule is Cc1cc(-c2ccccc2)nc2[nH]c3ccccc3[n+]12. The second-order valence-corrected chi connectivity index (χ2v) is 4.95. The maximum atomic E-state index is 4.75. The molecule has 2 aromatic carbocycles. The zero-order chi connectivity index (χ0) is 13.5. The summed E-state index contributed by atoms with van der Waals surface area (Å²) >= 11 is 0. The number of benzene rings is 2. The molecule has 1 N–H and O–H groups in total. The fourth-order valence-corrected chi connectivity index (χ4v) is 2.67. The Morgan fingerprint density at radius 1 is 0.950 bits per heavy atom. The van der Waals surface area contributed by atoms with Gasteiger partial charge in [-0.25, -0.2) is 4.98 Å². The molecule has 0 saturated carbocycles. The van der Waals surface area contributed by atoms with E-state index in [0.717, 1.165) is 28.1 Å². The van der Waals surface area contributed by atoms with Gasteiger partial charge in [0.1, 0.15) is 11.0 Å². The first kappa shape index (κ1) is 11.2. The third-order valence-electron chi connectivity index (χ3n) is 3.60. The molecule has 96 valence electrons. The molecule has 0 unspecified atom stereocenters. The van der Waals surface area contributed by atoms with E-state index in [-0.39, 0.29) is 0 Å². The molecule has 0 aliphatic carbocycles. The highest BCUT2D eigenvalue weighted by Crippen LogP contribution is 2.18. The lowest BCUT2D eigenvalue weighted by Gasteiger charge is -1.99. The molecular formula is C17H14N3+. The topological polar surface area (TPSA) is 32.8 Å². The number of imidazole rings is 1. The van der Waals surface area contributed by atoms with Crippen LogP contribution in [0.5, 0.6) is 0 Å². The number of hydrogen-bond donors (Lipinski definition) is 1. The quantitative estimate of drug-likeness (QED) is 0.523. The van der Waals surface area contributed by atoms with E-state index >= 15 is 0 Å². The smallest absolute Gasteiger partial charge is 0.238 e. The second-order valence-electron chi connectivity index (χ2n) is 4.95. The van der Waals surface area contributed by atoms with Crippen LogP contribution in [0.25, 0.3) is 28.1 Å². The molecule has 0 aliphatic rings. The van der Waals surface area contributed by atoms with Gasteiger partial charge >= 0.3 is 5.78 Å². The average molecular weight is 260 g/mol. The van der Waals surface area contributed by atoms with E-state index in [1.54, 1.807) is 0 Å². The van der Waals surface area contributed by atoms with Gasteiger partial charge in [-0.1, -0.05) is 47.4 Å². The fourth-order valence-electron chi connectivity index (χ4n) is 2.67. The maximum Gasteiger partial charge on any atom is 0.402 e. The van der Waals surface area contributed by atoms with E-state index in [9.17, 15) is 0 Å². The van der Waals surface area contributed by atoms with Crippen molar-refractivity contribution in [3.63, 3.8) is 0 Å². The molecule has 0 spiro atoms. The lowest BCUT2D eigenvalue weighted by atomic mass is 10.1. The normalized spacial score (nSPS) is 11.2. The van der Waals surface area contributed by atoms with Crippen molar-refractivity contribution in [2.45, 2.75) is 6.92 Å². The van der Waals surface area contributed by atoms with Crippen LogP contribution in [-0.4, -0.2) is 9.97 Å². The molecule has 0 amide bonds. The van der Waals surface area contributed by atoms with Gasteiger partial charge in [0.2, 0.25) is 0 Å². The number of nitrogens with one attached hydrogen (secondary N) is 1. The average Bonchev–Trinajstić information content (AvgIpc) is 2.87. The Morgan fingerprint density at radius 2 is 1.70 bits per heavy atom. The summed E-state index contributed by atoms with van der Waals surface area (Å²) in [6.45, 7) is 2.11. The molecule has 4 rings (SSSR count). The first-order valence-corrected chi connectivity index (χ1v) is 6.68. The van der Waals surface area contributed by atoms with Crippen molar-refractivity contribution in [1.82, 2.24) is 9.97 Å². The van der Waals surface area contributed by atoms with Gasteiger partial charge in [-0.2, -0.15) is 4.40 Å². The Labute approximate surface area is 116 Å². The van der Waals surface area contributed by atoms with Crippen LogP contribution in [0.15, 0.2) is 60.7 Å². The summed E-state index contributed by atoms with van der Waals surface area (Å²) in [5.74, 6) is 0.880. The molecule has 4 aromatic rings. The molecule has 3 nitrogen and oxygen atoms in total. The van der Waals surface area contributed by atoms with E-state index in [2.05, 4.69) is 46.6 Å². The van der Waals surface area contributed by atoms with Gasteiger partial charge in [-0.3, -0.25) is 0 Å². The number of para-hydroxylation sites is 2. The van der Waals surface area contributed by atoms with Crippen LogP contribution in [-0.2, 0) is 0 Å². The Kier molecular flexibility index (Phi) is 2.33. The minimum atomic E-state index is 0.880. The predicted molar refractivity (Wildman–Crippen MR) is 79.4 cm³/mol. The van der Waals surface area contributed by atoms with E-state index in [1.165, 1.54) is 5.69 Å². The zero-order valence-corrected chi connectivity index (χ0v) is 11.2. The summed E-state index contributed by atoms with van der Waals surface area (Å²) < 4.78 is 2.15. The monoisotopic (exact) mass is 260 g/mol. The largest absolute Gasteiger partial charge is 0.402 e. The number of aromatic nitrogens is 3. The van der Waals surface area contributed by atoms with Crippen molar-refractivity contribution in [3.05, 3.63) is 66.4 Å². The first-order valence-electron chi connectivity index (χ1n) is 6.68. The highest BCUT2D eigenvalue weighted by Gasteiger charge is 2.16. The van der Waals surface area contributed by atoms with Gasteiger partial charge < -0.3 is 0 Å². The van der Waals surface area contributed by atoms with Crippen molar-refractivity contribution in [2.24, 2.45) is 0 Å². The Morgan fingerprint density at radius 3 is 2.55 bits per heavy atom. The molecule has 0 bridgehead atoms. The maximum absolute atomic E-state index is 4.75. The van der Waals surface area contributed by atoms with Crippen LogP contribution < -0.4 is 4.40 Å². The Hall–Kier alpha value is -2.68. The number of H-pyrrole nitrogens is 1. The number of aryl methyl sites for hydroxylation is 1. The van der Waals surface area contributed by atoms with Gasteiger partial charge in [0, 0.05) is 11.6 Å². The van der Waals surface area contributed by atoms with Gasteiger partial charge in [0.25, 0.3) is 0 Å². The van der Waals surface area contributed by atoms with E-state index in [4.69, 9.17) is 4.98 Å². The minimum absolute atomic E-state index is 0.880. The van der Waals surface area contributed by atoms with E-state index in [1.807, 2.05) is 30.3 Å². The molecule has 20 heavy (non-hydrogen) atoms. The van der Waals surface area contributed by atoms with E-state index < -0.39 is 0 Å². The van der Waals surface area contributed by atoms with Crippen LogP contribution in [0.3, 0.4) is 0 Å². The van der Waals surface area contributed by atoms with Gasteiger partial charge in [0.15, 0.2) is 5.69 Å². The number of nitrogens with zero attached hydrogens (tertiary/aromatic N) is 2. The summed E-state index contributed by atoms with van der Waals surface area (Å²) in [4.78, 5) is 8.13. The molecular weight excluding hydrogens is 246 g/mol. The summed E-state index contributed by atoms with van der Waals surface area (Å²) in [6.07, 6.45) is 0. The second kappa shape index (κ2) is 4.17. The van der Waals surface area contributed by atoms with Crippen molar-refractivity contribution in [1.29, 1.82) is 0 Å². The molecule has 2 heterocycles. The van der Waals surface area contributed by atoms with Crippen molar-refractivity contribution >= 4 is 16.8 Å². The van der Waals surface area contributed by atoms with Gasteiger partial charge in [-0.05, 0) is 19.1 Å². The minimum Gasteiger partial charge on any atom is -0.238 e. The summed E-state index contributed by atoms with van der Waals surface area (Å²) in [7, 11) is 0. The predicted octanol–water partition coefficient (Wildman–Crippen LogP) is 3.28. The van der Waals surface area contributed by atoms with Gasteiger partial charge in [-0.15, -0.1) is 0 Å². The summed E-state index contributed by atoms with van der Waals surface area (Å²) in [5.41, 5.74) is 5.57. The fraction of sp³-hybridized carbons (Fsp3) is 0.0588. The number of fused-ring (bicyclic) bond motifs is 3. The molecule has 0 fully saturated rings.